The Labute approximate surface area is 195 Å². The summed E-state index contributed by atoms with van der Waals surface area (Å²) in [6.45, 7) is 6.26. The fraction of sp³-hybridized carbons (Fsp3) is 0.292. The number of aromatic nitrogens is 2. The number of carbonyl (C=O) groups excluding carboxylic acids is 1. The SMILES string of the molecule is Cc1ccc(/C=C/C2=Cc3c(sc(NC(=O)CSc4nccn4C)c3C#N)C(C)(C)C2)o1. The van der Waals surface area contributed by atoms with Crippen LogP contribution in [-0.4, -0.2) is 21.2 Å². The minimum atomic E-state index is -0.150. The number of rotatable bonds is 6. The van der Waals surface area contributed by atoms with E-state index in [1.807, 2.05) is 49.0 Å². The van der Waals surface area contributed by atoms with Crippen LogP contribution in [0, 0.1) is 18.3 Å². The number of thioether (sulfide) groups is 1. The van der Waals surface area contributed by atoms with E-state index in [4.69, 9.17) is 4.42 Å². The molecule has 0 unspecified atom stereocenters. The van der Waals surface area contributed by atoms with E-state index in [2.05, 4.69) is 36.3 Å². The second-order valence-electron chi connectivity index (χ2n) is 8.38. The zero-order valence-electron chi connectivity index (χ0n) is 18.4. The lowest BCUT2D eigenvalue weighted by Crippen LogP contribution is -2.20. The van der Waals surface area contributed by atoms with Crippen molar-refractivity contribution in [3.63, 3.8) is 0 Å². The molecule has 0 atom stereocenters. The summed E-state index contributed by atoms with van der Waals surface area (Å²) in [4.78, 5) is 17.9. The highest BCUT2D eigenvalue weighted by Crippen LogP contribution is 2.47. The Morgan fingerprint density at radius 1 is 1.44 bits per heavy atom. The molecule has 1 N–H and O–H groups in total. The molecule has 164 valence electrons. The van der Waals surface area contributed by atoms with Crippen LogP contribution in [0.15, 0.2) is 45.7 Å². The number of thiophene rings is 1. The Bertz CT molecular complexity index is 1270. The zero-order valence-corrected chi connectivity index (χ0v) is 20.1. The van der Waals surface area contributed by atoms with Crippen LogP contribution < -0.4 is 5.32 Å². The van der Waals surface area contributed by atoms with Crippen LogP contribution in [0.3, 0.4) is 0 Å². The molecule has 0 saturated heterocycles. The Morgan fingerprint density at radius 3 is 2.91 bits per heavy atom. The molecule has 6 nitrogen and oxygen atoms in total. The molecule has 0 radical (unpaired) electrons. The number of hydrogen-bond donors (Lipinski definition) is 1. The molecule has 1 aliphatic carbocycles. The van der Waals surface area contributed by atoms with Crippen molar-refractivity contribution in [1.82, 2.24) is 9.55 Å². The van der Waals surface area contributed by atoms with Gasteiger partial charge in [-0.05, 0) is 43.2 Å². The number of fused-ring (bicyclic) bond motifs is 1. The third-order valence-corrected chi connectivity index (χ3v) is 7.78. The van der Waals surface area contributed by atoms with Gasteiger partial charge in [0.15, 0.2) is 5.16 Å². The molecule has 8 heteroatoms. The summed E-state index contributed by atoms with van der Waals surface area (Å²) in [6, 6.07) is 6.18. The first-order valence-corrected chi connectivity index (χ1v) is 12.0. The van der Waals surface area contributed by atoms with Crippen molar-refractivity contribution >= 4 is 46.2 Å². The molecule has 32 heavy (non-hydrogen) atoms. The van der Waals surface area contributed by atoms with Crippen LogP contribution in [0.25, 0.3) is 12.2 Å². The monoisotopic (exact) mass is 464 g/mol. The molecule has 0 aromatic carbocycles. The number of imidazole rings is 1. The van der Waals surface area contributed by atoms with Gasteiger partial charge in [0.1, 0.15) is 22.6 Å². The number of anilines is 1. The number of amides is 1. The van der Waals surface area contributed by atoms with E-state index in [9.17, 15) is 10.1 Å². The van der Waals surface area contributed by atoms with Crippen molar-refractivity contribution in [2.45, 2.75) is 37.8 Å². The Morgan fingerprint density at radius 2 is 2.25 bits per heavy atom. The number of nitrogens with one attached hydrogen (secondary N) is 1. The van der Waals surface area contributed by atoms with Crippen LogP contribution in [-0.2, 0) is 17.3 Å². The molecule has 3 aromatic rings. The number of aryl methyl sites for hydroxylation is 2. The van der Waals surface area contributed by atoms with E-state index in [0.717, 1.165) is 39.1 Å². The molecular weight excluding hydrogens is 440 g/mol. The average Bonchev–Trinajstić information content (AvgIpc) is 3.43. The predicted molar refractivity (Wildman–Crippen MR) is 130 cm³/mol. The van der Waals surface area contributed by atoms with E-state index in [1.54, 1.807) is 6.20 Å². The van der Waals surface area contributed by atoms with Crippen LogP contribution in [0.1, 0.15) is 47.8 Å². The zero-order chi connectivity index (χ0) is 22.9. The van der Waals surface area contributed by atoms with E-state index in [-0.39, 0.29) is 17.1 Å². The second kappa shape index (κ2) is 8.85. The largest absolute Gasteiger partial charge is 0.462 e. The van der Waals surface area contributed by atoms with Gasteiger partial charge in [0.05, 0.1) is 11.3 Å². The highest BCUT2D eigenvalue weighted by atomic mass is 32.2. The van der Waals surface area contributed by atoms with Crippen LogP contribution in [0.4, 0.5) is 5.00 Å². The molecule has 4 rings (SSSR count). The van der Waals surface area contributed by atoms with Crippen molar-refractivity contribution in [3.8, 4) is 6.07 Å². The Hall–Kier alpha value is -3.02. The van der Waals surface area contributed by atoms with E-state index in [1.165, 1.54) is 23.1 Å². The standard InChI is InChI=1S/C24H24N4O2S2/c1-15-5-7-17(30-15)8-6-16-11-18-19(13-25)22(32-21(18)24(2,3)12-16)27-20(29)14-31-23-26-9-10-28(23)4/h5-11H,12,14H2,1-4H3,(H,27,29)/b8-6+. The van der Waals surface area contributed by atoms with E-state index < -0.39 is 0 Å². The molecular formula is C24H24N4O2S2. The number of furan rings is 1. The quantitative estimate of drug-likeness (QED) is 0.469. The molecule has 1 aliphatic rings. The van der Waals surface area contributed by atoms with E-state index in [0.29, 0.717) is 10.6 Å². The molecule has 0 saturated carbocycles. The third-order valence-electron chi connectivity index (χ3n) is 5.23. The highest BCUT2D eigenvalue weighted by molar-refractivity contribution is 7.99. The van der Waals surface area contributed by atoms with Crippen molar-refractivity contribution < 1.29 is 9.21 Å². The van der Waals surface area contributed by atoms with Gasteiger partial charge >= 0.3 is 0 Å². The molecule has 3 heterocycles. The van der Waals surface area contributed by atoms with Gasteiger partial charge in [0, 0.05) is 35.3 Å². The third kappa shape index (κ3) is 4.59. The predicted octanol–water partition coefficient (Wildman–Crippen LogP) is 5.76. The molecule has 3 aromatic heterocycles. The summed E-state index contributed by atoms with van der Waals surface area (Å²) in [7, 11) is 1.89. The number of hydrogen-bond acceptors (Lipinski definition) is 6. The summed E-state index contributed by atoms with van der Waals surface area (Å²) >= 11 is 2.86. The van der Waals surface area contributed by atoms with Gasteiger partial charge in [-0.3, -0.25) is 4.79 Å². The summed E-state index contributed by atoms with van der Waals surface area (Å²) in [6.07, 6.45) is 10.4. The summed E-state index contributed by atoms with van der Waals surface area (Å²) in [5.74, 6) is 1.75. The van der Waals surface area contributed by atoms with Gasteiger partial charge in [0.2, 0.25) is 5.91 Å². The lowest BCUT2D eigenvalue weighted by atomic mass is 9.77. The molecule has 0 bridgehead atoms. The smallest absolute Gasteiger partial charge is 0.235 e. The average molecular weight is 465 g/mol. The van der Waals surface area contributed by atoms with Crippen molar-refractivity contribution in [1.29, 1.82) is 5.26 Å². The lowest BCUT2D eigenvalue weighted by Gasteiger charge is -2.29. The molecule has 1 amide bonds. The van der Waals surface area contributed by atoms with Gasteiger partial charge < -0.3 is 14.3 Å². The Balaban J connectivity index is 1.57. The van der Waals surface area contributed by atoms with Gasteiger partial charge in [-0.2, -0.15) is 5.26 Å². The molecule has 0 aliphatic heterocycles. The maximum absolute atomic E-state index is 12.6. The number of nitriles is 1. The number of allylic oxidation sites excluding steroid dienone is 2. The maximum Gasteiger partial charge on any atom is 0.235 e. The first kappa shape index (κ1) is 22.2. The maximum atomic E-state index is 12.6. The van der Waals surface area contributed by atoms with Crippen LogP contribution in [0.5, 0.6) is 0 Å². The minimum absolute atomic E-state index is 0.149. The number of nitrogens with zero attached hydrogens (tertiary/aromatic N) is 3. The van der Waals surface area contributed by atoms with Crippen molar-refractivity contribution in [2.75, 3.05) is 11.1 Å². The van der Waals surface area contributed by atoms with Gasteiger partial charge in [0.25, 0.3) is 0 Å². The van der Waals surface area contributed by atoms with Crippen LogP contribution >= 0.6 is 23.1 Å². The Kier molecular flexibility index (Phi) is 6.13. The van der Waals surface area contributed by atoms with Crippen LogP contribution in [0.2, 0.25) is 0 Å². The van der Waals surface area contributed by atoms with Crippen molar-refractivity contribution in [2.24, 2.45) is 7.05 Å². The van der Waals surface area contributed by atoms with Gasteiger partial charge in [-0.1, -0.05) is 31.7 Å². The minimum Gasteiger partial charge on any atom is -0.462 e. The van der Waals surface area contributed by atoms with Crippen molar-refractivity contribution in [3.05, 3.63) is 63.7 Å². The van der Waals surface area contributed by atoms with Gasteiger partial charge in [-0.25, -0.2) is 4.98 Å². The normalized spacial score (nSPS) is 14.8. The lowest BCUT2D eigenvalue weighted by molar-refractivity contribution is -0.113. The summed E-state index contributed by atoms with van der Waals surface area (Å²) in [5.41, 5.74) is 2.39. The molecule has 0 fully saturated rings. The molecule has 0 spiro atoms. The fourth-order valence-corrected chi connectivity index (χ4v) is 5.71. The number of carbonyl (C=O) groups is 1. The highest BCUT2D eigenvalue weighted by Gasteiger charge is 2.33. The second-order valence-corrected chi connectivity index (χ2v) is 10.3. The summed E-state index contributed by atoms with van der Waals surface area (Å²) in [5, 5.41) is 14.2. The fourth-order valence-electron chi connectivity index (χ4n) is 3.73. The van der Waals surface area contributed by atoms with E-state index >= 15 is 0 Å². The van der Waals surface area contributed by atoms with Gasteiger partial charge in [-0.15, -0.1) is 11.3 Å². The first-order valence-electron chi connectivity index (χ1n) is 10.2. The summed E-state index contributed by atoms with van der Waals surface area (Å²) < 4.78 is 7.50. The first-order chi connectivity index (χ1) is 15.3. The topological polar surface area (TPSA) is 83.9 Å².